The van der Waals surface area contributed by atoms with Gasteiger partial charge in [-0.25, -0.2) is 9.37 Å². The first-order valence-corrected chi connectivity index (χ1v) is 12.4. The zero-order valence-electron chi connectivity index (χ0n) is 20.4. The first kappa shape index (κ1) is 25.2. The summed E-state index contributed by atoms with van der Waals surface area (Å²) in [6.07, 6.45) is -2.00. The largest absolute Gasteiger partial charge is 0.435 e. The molecule has 3 aromatic carbocycles. The maximum absolute atomic E-state index is 15.5. The first-order chi connectivity index (χ1) is 18.8. The molecule has 1 aliphatic carbocycles. The molecule has 0 spiro atoms. The van der Waals surface area contributed by atoms with Crippen LogP contribution in [0.25, 0.3) is 45.1 Å². The van der Waals surface area contributed by atoms with Gasteiger partial charge in [0.25, 0.3) is 0 Å². The third-order valence-corrected chi connectivity index (χ3v) is 6.93. The van der Waals surface area contributed by atoms with E-state index in [2.05, 4.69) is 20.5 Å². The SMILES string of the molecule is OC1CCCC1NCc1cc(C(F)(F)F)c2oc(-c3c(F)ccc(-c4ccccc4)c3-c3nnco3)nc2c1. The van der Waals surface area contributed by atoms with Crippen LogP contribution in [0.1, 0.15) is 30.4 Å². The Hall–Kier alpha value is -4.09. The Morgan fingerprint density at radius 1 is 1.00 bits per heavy atom. The summed E-state index contributed by atoms with van der Waals surface area (Å²) in [4.78, 5) is 4.30. The average Bonchev–Trinajstić information content (AvgIpc) is 3.68. The highest BCUT2D eigenvalue weighted by Gasteiger charge is 2.36. The Kier molecular flexibility index (Phi) is 6.40. The Bertz CT molecular complexity index is 1620. The molecule has 200 valence electrons. The summed E-state index contributed by atoms with van der Waals surface area (Å²) in [5.74, 6) is -1.17. The second-order valence-electron chi connectivity index (χ2n) is 9.45. The fourth-order valence-corrected chi connectivity index (χ4v) is 5.09. The molecule has 39 heavy (non-hydrogen) atoms. The van der Waals surface area contributed by atoms with Crippen molar-refractivity contribution in [2.24, 2.45) is 0 Å². The summed E-state index contributed by atoms with van der Waals surface area (Å²) in [6.45, 7) is 0.0913. The molecule has 2 unspecified atom stereocenters. The van der Waals surface area contributed by atoms with Gasteiger partial charge in [-0.2, -0.15) is 13.2 Å². The number of oxazole rings is 1. The molecule has 1 aliphatic rings. The zero-order chi connectivity index (χ0) is 27.1. The Morgan fingerprint density at radius 2 is 1.82 bits per heavy atom. The van der Waals surface area contributed by atoms with Gasteiger partial charge in [-0.3, -0.25) is 0 Å². The number of halogens is 4. The topological polar surface area (TPSA) is 97.2 Å². The molecule has 2 atom stereocenters. The second kappa shape index (κ2) is 9.90. The summed E-state index contributed by atoms with van der Waals surface area (Å²) in [5, 5.41) is 20.8. The Morgan fingerprint density at radius 3 is 2.51 bits per heavy atom. The van der Waals surface area contributed by atoms with Crippen LogP contribution >= 0.6 is 0 Å². The summed E-state index contributed by atoms with van der Waals surface area (Å²) in [5.41, 5.74) is -0.149. The predicted molar refractivity (Wildman–Crippen MR) is 134 cm³/mol. The van der Waals surface area contributed by atoms with Gasteiger partial charge in [-0.1, -0.05) is 36.4 Å². The maximum Gasteiger partial charge on any atom is 0.420 e. The van der Waals surface area contributed by atoms with E-state index in [0.29, 0.717) is 23.1 Å². The molecule has 1 saturated carbocycles. The number of hydrogen-bond donors (Lipinski definition) is 2. The van der Waals surface area contributed by atoms with Crippen LogP contribution in [-0.2, 0) is 12.7 Å². The third-order valence-electron chi connectivity index (χ3n) is 6.93. The van der Waals surface area contributed by atoms with Crippen molar-refractivity contribution in [1.82, 2.24) is 20.5 Å². The van der Waals surface area contributed by atoms with E-state index in [4.69, 9.17) is 8.83 Å². The molecule has 7 nitrogen and oxygen atoms in total. The highest BCUT2D eigenvalue weighted by molar-refractivity contribution is 5.92. The fourth-order valence-electron chi connectivity index (χ4n) is 5.09. The summed E-state index contributed by atoms with van der Waals surface area (Å²) in [7, 11) is 0. The van der Waals surface area contributed by atoms with Gasteiger partial charge in [-0.15, -0.1) is 10.2 Å². The van der Waals surface area contributed by atoms with Gasteiger partial charge in [0, 0.05) is 12.6 Å². The highest BCUT2D eigenvalue weighted by Crippen LogP contribution is 2.43. The smallest absolute Gasteiger partial charge is 0.420 e. The number of nitrogens with one attached hydrogen (secondary N) is 1. The normalized spacial score (nSPS) is 17.8. The zero-order valence-corrected chi connectivity index (χ0v) is 20.4. The lowest BCUT2D eigenvalue weighted by Crippen LogP contribution is -2.35. The van der Waals surface area contributed by atoms with E-state index < -0.39 is 29.2 Å². The van der Waals surface area contributed by atoms with Crippen LogP contribution in [-0.4, -0.2) is 32.4 Å². The highest BCUT2D eigenvalue weighted by atomic mass is 19.4. The van der Waals surface area contributed by atoms with Crippen LogP contribution < -0.4 is 5.32 Å². The van der Waals surface area contributed by atoms with Crippen LogP contribution in [0.2, 0.25) is 0 Å². The minimum Gasteiger partial charge on any atom is -0.435 e. The van der Waals surface area contributed by atoms with Crippen LogP contribution in [0.5, 0.6) is 0 Å². The number of nitrogens with zero attached hydrogens (tertiary/aromatic N) is 3. The molecule has 0 saturated heterocycles. The summed E-state index contributed by atoms with van der Waals surface area (Å²) >= 11 is 0. The van der Waals surface area contributed by atoms with Crippen LogP contribution in [0.3, 0.4) is 0 Å². The van der Waals surface area contributed by atoms with Crippen LogP contribution in [0.15, 0.2) is 69.8 Å². The van der Waals surface area contributed by atoms with E-state index in [0.717, 1.165) is 25.3 Å². The molecule has 6 rings (SSSR count). The summed E-state index contributed by atoms with van der Waals surface area (Å²) < 4.78 is 68.9. The van der Waals surface area contributed by atoms with Crippen molar-refractivity contribution < 1.29 is 31.5 Å². The third kappa shape index (κ3) is 4.79. The standard InChI is InChI=1S/C28H22F4N4O3/c29-19-10-9-17(16-5-2-1-3-6-16)23(27-36-34-14-38-27)24(19)26-35-21-12-15(13-33-20-7-4-8-22(20)37)11-18(25(21)39-26)28(30,31)32/h1-3,5-6,9-12,14,20,22,33,37H,4,7-8,13H2. The van der Waals surface area contributed by atoms with Crippen molar-refractivity contribution in [3.05, 3.63) is 77.9 Å². The van der Waals surface area contributed by atoms with Crippen molar-refractivity contribution >= 4 is 11.1 Å². The fraction of sp³-hybridized carbons (Fsp3) is 0.250. The van der Waals surface area contributed by atoms with Crippen LogP contribution in [0, 0.1) is 5.82 Å². The van der Waals surface area contributed by atoms with Crippen molar-refractivity contribution in [3.8, 4) is 34.0 Å². The number of benzene rings is 3. The van der Waals surface area contributed by atoms with Gasteiger partial charge < -0.3 is 19.3 Å². The quantitative estimate of drug-likeness (QED) is 0.242. The molecule has 1 fully saturated rings. The molecule has 2 aromatic heterocycles. The first-order valence-electron chi connectivity index (χ1n) is 12.4. The lowest BCUT2D eigenvalue weighted by atomic mass is 9.94. The number of hydrogen-bond acceptors (Lipinski definition) is 7. The van der Waals surface area contributed by atoms with Crippen molar-refractivity contribution in [2.45, 2.75) is 44.1 Å². The molecule has 0 aliphatic heterocycles. The number of rotatable bonds is 6. The predicted octanol–water partition coefficient (Wildman–Crippen LogP) is 6.37. The van der Waals surface area contributed by atoms with E-state index in [-0.39, 0.29) is 41.0 Å². The molecular weight excluding hydrogens is 516 g/mol. The van der Waals surface area contributed by atoms with E-state index in [1.54, 1.807) is 24.3 Å². The minimum absolute atomic E-state index is 0.0401. The number of aliphatic hydroxyl groups excluding tert-OH is 1. The average molecular weight is 539 g/mol. The van der Waals surface area contributed by atoms with E-state index in [9.17, 15) is 18.3 Å². The van der Waals surface area contributed by atoms with Gasteiger partial charge >= 0.3 is 6.18 Å². The van der Waals surface area contributed by atoms with E-state index in [1.165, 1.54) is 18.2 Å². The molecular formula is C28H22F4N4O3. The Labute approximate surface area is 219 Å². The minimum atomic E-state index is -4.75. The summed E-state index contributed by atoms with van der Waals surface area (Å²) in [6, 6.07) is 14.0. The lowest BCUT2D eigenvalue weighted by molar-refractivity contribution is -0.136. The van der Waals surface area contributed by atoms with E-state index in [1.807, 2.05) is 6.07 Å². The van der Waals surface area contributed by atoms with Gasteiger partial charge in [0.15, 0.2) is 5.58 Å². The van der Waals surface area contributed by atoms with Crippen molar-refractivity contribution in [2.75, 3.05) is 0 Å². The molecule has 2 heterocycles. The number of fused-ring (bicyclic) bond motifs is 1. The van der Waals surface area contributed by atoms with Gasteiger partial charge in [0.2, 0.25) is 18.2 Å². The number of aliphatic hydroxyl groups is 1. The number of aromatic nitrogens is 3. The molecule has 11 heteroatoms. The number of alkyl halides is 3. The van der Waals surface area contributed by atoms with Crippen molar-refractivity contribution in [3.63, 3.8) is 0 Å². The molecule has 0 bridgehead atoms. The molecule has 2 N–H and O–H groups in total. The molecule has 0 radical (unpaired) electrons. The maximum atomic E-state index is 15.5. The van der Waals surface area contributed by atoms with Gasteiger partial charge in [0.05, 0.1) is 17.2 Å². The van der Waals surface area contributed by atoms with Gasteiger partial charge in [0.1, 0.15) is 16.9 Å². The monoisotopic (exact) mass is 538 g/mol. The molecule has 5 aromatic rings. The van der Waals surface area contributed by atoms with E-state index >= 15 is 4.39 Å². The second-order valence-corrected chi connectivity index (χ2v) is 9.45. The van der Waals surface area contributed by atoms with Crippen LogP contribution in [0.4, 0.5) is 17.6 Å². The molecule has 0 amide bonds. The van der Waals surface area contributed by atoms with Crippen molar-refractivity contribution in [1.29, 1.82) is 0 Å². The lowest BCUT2D eigenvalue weighted by Gasteiger charge is -2.17. The van der Waals surface area contributed by atoms with Gasteiger partial charge in [-0.05, 0) is 54.2 Å². The Balaban J connectivity index is 1.51.